The standard InChI is InChI=1S/C18H26FNO5/c1-18(2,3)25-17(22)20-15(11-24-12-23-4)9-10-16(21)13-5-7-14(19)8-6-13/h5-8,15H,9-12H2,1-4H3,(H,20,22)/t15-/m0/s1. The fraction of sp³-hybridized carbons (Fsp3) is 0.556. The highest BCUT2D eigenvalue weighted by Crippen LogP contribution is 2.11. The molecule has 0 spiro atoms. The van der Waals surface area contributed by atoms with Gasteiger partial charge in [-0.05, 0) is 51.5 Å². The third kappa shape index (κ3) is 9.16. The van der Waals surface area contributed by atoms with Crippen molar-refractivity contribution in [3.05, 3.63) is 35.6 Å². The molecule has 0 aliphatic rings. The Kier molecular flexibility index (Phi) is 8.51. The number of nitrogens with one attached hydrogen (secondary N) is 1. The molecule has 0 aromatic heterocycles. The van der Waals surface area contributed by atoms with Crippen LogP contribution in [0.5, 0.6) is 0 Å². The summed E-state index contributed by atoms with van der Waals surface area (Å²) in [5.74, 6) is -0.531. The highest BCUT2D eigenvalue weighted by atomic mass is 19.1. The predicted octanol–water partition coefficient (Wildman–Crippen LogP) is 3.30. The lowest BCUT2D eigenvalue weighted by atomic mass is 10.0. The lowest BCUT2D eigenvalue weighted by Gasteiger charge is -2.23. The number of rotatable bonds is 9. The molecule has 0 aliphatic heterocycles. The fourth-order valence-corrected chi connectivity index (χ4v) is 2.03. The van der Waals surface area contributed by atoms with Gasteiger partial charge >= 0.3 is 6.09 Å². The largest absolute Gasteiger partial charge is 0.444 e. The molecule has 140 valence electrons. The Balaban J connectivity index is 2.58. The summed E-state index contributed by atoms with van der Waals surface area (Å²) >= 11 is 0. The number of alkyl carbamates (subject to hydrolysis) is 1. The van der Waals surface area contributed by atoms with E-state index >= 15 is 0 Å². The van der Waals surface area contributed by atoms with Crippen LogP contribution in [0.25, 0.3) is 0 Å². The number of Topliss-reactive ketones (excluding diaryl/α,β-unsaturated/α-hetero) is 1. The predicted molar refractivity (Wildman–Crippen MR) is 91.0 cm³/mol. The van der Waals surface area contributed by atoms with E-state index in [1.165, 1.54) is 31.4 Å². The fourth-order valence-electron chi connectivity index (χ4n) is 2.03. The van der Waals surface area contributed by atoms with Gasteiger partial charge in [-0.1, -0.05) is 0 Å². The Morgan fingerprint density at radius 3 is 2.40 bits per heavy atom. The van der Waals surface area contributed by atoms with Crippen LogP contribution in [0.2, 0.25) is 0 Å². The van der Waals surface area contributed by atoms with Gasteiger partial charge in [0.05, 0.1) is 12.6 Å². The minimum Gasteiger partial charge on any atom is -0.444 e. The smallest absolute Gasteiger partial charge is 0.407 e. The van der Waals surface area contributed by atoms with E-state index in [9.17, 15) is 14.0 Å². The first-order valence-electron chi connectivity index (χ1n) is 8.06. The summed E-state index contributed by atoms with van der Waals surface area (Å²) in [5.41, 5.74) is -0.193. The molecule has 0 unspecified atom stereocenters. The molecule has 7 heteroatoms. The monoisotopic (exact) mass is 355 g/mol. The zero-order valence-electron chi connectivity index (χ0n) is 15.1. The molecule has 0 saturated carbocycles. The second kappa shape index (κ2) is 10.1. The molecule has 1 aromatic rings. The maximum atomic E-state index is 12.9. The van der Waals surface area contributed by atoms with E-state index in [2.05, 4.69) is 5.32 Å². The van der Waals surface area contributed by atoms with Crippen molar-refractivity contribution in [1.82, 2.24) is 5.32 Å². The Morgan fingerprint density at radius 2 is 1.84 bits per heavy atom. The van der Waals surface area contributed by atoms with Gasteiger partial charge in [0, 0.05) is 19.1 Å². The average molecular weight is 355 g/mol. The van der Waals surface area contributed by atoms with E-state index in [1.807, 2.05) is 0 Å². The second-order valence-electron chi connectivity index (χ2n) is 6.59. The van der Waals surface area contributed by atoms with Crippen molar-refractivity contribution in [2.24, 2.45) is 0 Å². The first-order valence-corrected chi connectivity index (χ1v) is 8.06. The summed E-state index contributed by atoms with van der Waals surface area (Å²) in [7, 11) is 1.49. The van der Waals surface area contributed by atoms with Crippen molar-refractivity contribution in [2.75, 3.05) is 20.5 Å². The van der Waals surface area contributed by atoms with E-state index in [-0.39, 0.29) is 25.6 Å². The molecule has 0 aliphatic carbocycles. The summed E-state index contributed by atoms with van der Waals surface area (Å²) in [6.45, 7) is 5.56. The van der Waals surface area contributed by atoms with Crippen molar-refractivity contribution >= 4 is 11.9 Å². The number of halogens is 1. The quantitative estimate of drug-likeness (QED) is 0.418. The van der Waals surface area contributed by atoms with E-state index in [1.54, 1.807) is 20.8 Å². The van der Waals surface area contributed by atoms with E-state index in [0.29, 0.717) is 12.0 Å². The Hall–Kier alpha value is -1.99. The molecular weight excluding hydrogens is 329 g/mol. The number of methoxy groups -OCH3 is 1. The van der Waals surface area contributed by atoms with E-state index in [0.717, 1.165) is 0 Å². The lowest BCUT2D eigenvalue weighted by Crippen LogP contribution is -2.41. The number of ketones is 1. The summed E-state index contributed by atoms with van der Waals surface area (Å²) in [4.78, 5) is 24.1. The van der Waals surface area contributed by atoms with Crippen molar-refractivity contribution in [2.45, 2.75) is 45.3 Å². The number of hydrogen-bond donors (Lipinski definition) is 1. The molecule has 0 bridgehead atoms. The van der Waals surface area contributed by atoms with Crippen molar-refractivity contribution in [1.29, 1.82) is 0 Å². The van der Waals surface area contributed by atoms with Gasteiger partial charge in [0.1, 0.15) is 18.2 Å². The average Bonchev–Trinajstić information content (AvgIpc) is 2.51. The van der Waals surface area contributed by atoms with Gasteiger partial charge in [-0.2, -0.15) is 0 Å². The number of ether oxygens (including phenoxy) is 3. The molecule has 1 aromatic carbocycles. The van der Waals surface area contributed by atoms with Crippen LogP contribution in [0.1, 0.15) is 44.0 Å². The Labute approximate surface area is 147 Å². The SMILES string of the molecule is COCOC[C@H](CCC(=O)c1ccc(F)cc1)NC(=O)OC(C)(C)C. The van der Waals surface area contributed by atoms with Gasteiger partial charge in [-0.15, -0.1) is 0 Å². The maximum Gasteiger partial charge on any atom is 0.407 e. The number of benzene rings is 1. The first-order chi connectivity index (χ1) is 11.7. The summed E-state index contributed by atoms with van der Waals surface area (Å²) < 4.78 is 28.2. The minimum atomic E-state index is -0.619. The zero-order valence-corrected chi connectivity index (χ0v) is 15.1. The molecule has 0 radical (unpaired) electrons. The van der Waals surface area contributed by atoms with Crippen LogP contribution >= 0.6 is 0 Å². The molecule has 0 saturated heterocycles. The van der Waals surface area contributed by atoms with Crippen LogP contribution in [-0.4, -0.2) is 44.0 Å². The topological polar surface area (TPSA) is 73.9 Å². The normalized spacial score (nSPS) is 12.5. The first kappa shape index (κ1) is 21.1. The van der Waals surface area contributed by atoms with Gasteiger partial charge in [0.25, 0.3) is 0 Å². The molecule has 1 N–H and O–H groups in total. The summed E-state index contributed by atoms with van der Waals surface area (Å²) in [5, 5.41) is 2.69. The van der Waals surface area contributed by atoms with Gasteiger partial charge in [-0.25, -0.2) is 9.18 Å². The number of hydrogen-bond acceptors (Lipinski definition) is 5. The summed E-state index contributed by atoms with van der Waals surface area (Å²) in [6, 6.07) is 4.95. The Morgan fingerprint density at radius 1 is 1.20 bits per heavy atom. The number of carbonyl (C=O) groups excluding carboxylic acids is 2. The van der Waals surface area contributed by atoms with Crippen LogP contribution in [0.15, 0.2) is 24.3 Å². The molecule has 0 fully saturated rings. The lowest BCUT2D eigenvalue weighted by molar-refractivity contribution is -0.0395. The van der Waals surface area contributed by atoms with Crippen LogP contribution in [0, 0.1) is 5.82 Å². The van der Waals surface area contributed by atoms with Crippen molar-refractivity contribution in [3.8, 4) is 0 Å². The number of carbonyl (C=O) groups is 2. The van der Waals surface area contributed by atoms with Crippen LogP contribution in [0.4, 0.5) is 9.18 Å². The third-order valence-electron chi connectivity index (χ3n) is 3.13. The van der Waals surface area contributed by atoms with Crippen molar-refractivity contribution < 1.29 is 28.2 Å². The molecule has 0 heterocycles. The highest BCUT2D eigenvalue weighted by molar-refractivity contribution is 5.96. The van der Waals surface area contributed by atoms with Gasteiger partial charge in [-0.3, -0.25) is 4.79 Å². The summed E-state index contributed by atoms with van der Waals surface area (Å²) in [6.07, 6.45) is -0.0329. The molecule has 25 heavy (non-hydrogen) atoms. The van der Waals surface area contributed by atoms with Gasteiger partial charge in [0.15, 0.2) is 5.78 Å². The number of amides is 1. The molecule has 1 atom stereocenters. The minimum absolute atomic E-state index is 0.0818. The van der Waals surface area contributed by atoms with Crippen LogP contribution in [0.3, 0.4) is 0 Å². The van der Waals surface area contributed by atoms with Gasteiger partial charge in [0.2, 0.25) is 0 Å². The molecule has 1 rings (SSSR count). The van der Waals surface area contributed by atoms with E-state index < -0.39 is 23.6 Å². The van der Waals surface area contributed by atoms with Crippen molar-refractivity contribution in [3.63, 3.8) is 0 Å². The maximum absolute atomic E-state index is 12.9. The molecule has 1 amide bonds. The third-order valence-corrected chi connectivity index (χ3v) is 3.13. The van der Waals surface area contributed by atoms with Crippen LogP contribution in [-0.2, 0) is 14.2 Å². The molecule has 6 nitrogen and oxygen atoms in total. The van der Waals surface area contributed by atoms with Crippen LogP contribution < -0.4 is 5.32 Å². The van der Waals surface area contributed by atoms with E-state index in [4.69, 9.17) is 14.2 Å². The zero-order chi connectivity index (χ0) is 18.9. The second-order valence-corrected chi connectivity index (χ2v) is 6.59. The van der Waals surface area contributed by atoms with Gasteiger partial charge < -0.3 is 19.5 Å². The highest BCUT2D eigenvalue weighted by Gasteiger charge is 2.20. The Bertz CT molecular complexity index is 554. The molecular formula is C18H26FNO5.